The molecule has 1 amide bonds. The fourth-order valence-corrected chi connectivity index (χ4v) is 3.68. The van der Waals surface area contributed by atoms with E-state index in [1.807, 2.05) is 41.8 Å². The molecule has 3 aromatic rings. The van der Waals surface area contributed by atoms with Crippen LogP contribution in [0.2, 0.25) is 5.02 Å². The smallest absolute Gasteiger partial charge is 0.231 e. The minimum atomic E-state index is -0.0326. The minimum absolute atomic E-state index is 0.0326. The Morgan fingerprint density at radius 2 is 2.00 bits per heavy atom. The van der Waals surface area contributed by atoms with Crippen LogP contribution in [0.15, 0.2) is 48.0 Å². The van der Waals surface area contributed by atoms with Crippen molar-refractivity contribution < 1.29 is 4.79 Å². The maximum atomic E-state index is 11.9. The number of amides is 1. The monoisotopic (exact) mass is 348 g/mol. The molecule has 1 N–H and O–H groups in total. The van der Waals surface area contributed by atoms with E-state index >= 15 is 0 Å². The van der Waals surface area contributed by atoms with E-state index in [0.29, 0.717) is 11.6 Å². The molecule has 0 unspecified atom stereocenters. The second kappa shape index (κ2) is 7.05. The number of hydrogen-bond donors (Lipinski definition) is 1. The first kappa shape index (κ1) is 15.2. The molecule has 2 aromatic heterocycles. The van der Waals surface area contributed by atoms with Gasteiger partial charge in [-0.1, -0.05) is 29.8 Å². The Morgan fingerprint density at radius 3 is 2.73 bits per heavy atom. The zero-order valence-corrected chi connectivity index (χ0v) is 14.0. The zero-order chi connectivity index (χ0) is 15.4. The van der Waals surface area contributed by atoms with Crippen molar-refractivity contribution in [2.24, 2.45) is 0 Å². The van der Waals surface area contributed by atoms with Crippen molar-refractivity contribution in [1.82, 2.24) is 4.98 Å². The molecule has 0 aliphatic carbocycles. The average Bonchev–Trinajstić information content (AvgIpc) is 3.14. The number of aromatic nitrogens is 1. The highest BCUT2D eigenvalue weighted by molar-refractivity contribution is 7.15. The van der Waals surface area contributed by atoms with Crippen molar-refractivity contribution in [2.75, 3.05) is 5.32 Å². The van der Waals surface area contributed by atoms with Gasteiger partial charge in [-0.2, -0.15) is 0 Å². The molecule has 0 spiro atoms. The molecule has 2 heterocycles. The van der Waals surface area contributed by atoms with Crippen LogP contribution in [0.3, 0.4) is 0 Å². The van der Waals surface area contributed by atoms with Gasteiger partial charge in [0, 0.05) is 27.4 Å². The molecule has 6 heteroatoms. The Hall–Kier alpha value is -1.69. The first-order valence-electron chi connectivity index (χ1n) is 6.70. The van der Waals surface area contributed by atoms with Crippen LogP contribution in [0, 0.1) is 0 Å². The molecule has 3 nitrogen and oxygen atoms in total. The molecule has 1 aromatic carbocycles. The molecule has 112 valence electrons. The van der Waals surface area contributed by atoms with Crippen molar-refractivity contribution in [3.63, 3.8) is 0 Å². The van der Waals surface area contributed by atoms with Crippen molar-refractivity contribution >= 4 is 45.3 Å². The lowest BCUT2D eigenvalue weighted by Crippen LogP contribution is -2.13. The Labute approximate surface area is 141 Å². The predicted octanol–water partition coefficient (Wildman–Crippen LogP) is 4.63. The third-order valence-electron chi connectivity index (χ3n) is 3.01. The number of thiazole rings is 1. The number of anilines is 1. The number of nitrogens with one attached hydrogen (secondary N) is 1. The summed E-state index contributed by atoms with van der Waals surface area (Å²) in [6, 6.07) is 11.6. The molecule has 0 saturated carbocycles. The van der Waals surface area contributed by atoms with Crippen molar-refractivity contribution in [3.05, 3.63) is 68.3 Å². The number of halogens is 1. The molecule has 0 aliphatic rings. The second-order valence-corrected chi connectivity index (χ2v) is 7.32. The SMILES string of the molecule is O=C(Cc1cccs1)Nc1ncc(Cc2ccc(Cl)cc2)s1. The van der Waals surface area contributed by atoms with E-state index in [1.165, 1.54) is 16.9 Å². The third kappa shape index (κ3) is 4.16. The number of nitrogens with zero attached hydrogens (tertiary/aromatic N) is 1. The number of carbonyl (C=O) groups excluding carboxylic acids is 1. The summed E-state index contributed by atoms with van der Waals surface area (Å²) in [4.78, 5) is 18.4. The predicted molar refractivity (Wildman–Crippen MR) is 93.0 cm³/mol. The van der Waals surface area contributed by atoms with E-state index in [9.17, 15) is 4.79 Å². The van der Waals surface area contributed by atoms with Gasteiger partial charge in [0.05, 0.1) is 6.42 Å². The maximum absolute atomic E-state index is 11.9. The summed E-state index contributed by atoms with van der Waals surface area (Å²) in [5, 5.41) is 6.19. The van der Waals surface area contributed by atoms with Crippen LogP contribution >= 0.6 is 34.3 Å². The van der Waals surface area contributed by atoms with Crippen LogP contribution in [0.5, 0.6) is 0 Å². The number of rotatable bonds is 5. The number of carbonyl (C=O) groups is 1. The maximum Gasteiger partial charge on any atom is 0.231 e. The lowest BCUT2D eigenvalue weighted by molar-refractivity contribution is -0.115. The molecule has 0 bridgehead atoms. The summed E-state index contributed by atoms with van der Waals surface area (Å²) < 4.78 is 0. The van der Waals surface area contributed by atoms with Crippen LogP contribution in [-0.4, -0.2) is 10.9 Å². The quantitative estimate of drug-likeness (QED) is 0.730. The molecule has 22 heavy (non-hydrogen) atoms. The molecule has 3 rings (SSSR count). The van der Waals surface area contributed by atoms with Gasteiger partial charge in [0.1, 0.15) is 0 Å². The second-order valence-electron chi connectivity index (χ2n) is 4.74. The van der Waals surface area contributed by atoms with Gasteiger partial charge in [-0.3, -0.25) is 4.79 Å². The van der Waals surface area contributed by atoms with Crippen molar-refractivity contribution in [1.29, 1.82) is 0 Å². The van der Waals surface area contributed by atoms with Gasteiger partial charge in [-0.05, 0) is 29.1 Å². The highest BCUT2D eigenvalue weighted by Crippen LogP contribution is 2.22. The highest BCUT2D eigenvalue weighted by atomic mass is 35.5. The van der Waals surface area contributed by atoms with Crippen molar-refractivity contribution in [3.8, 4) is 0 Å². The van der Waals surface area contributed by atoms with E-state index in [2.05, 4.69) is 10.3 Å². The number of hydrogen-bond acceptors (Lipinski definition) is 4. The van der Waals surface area contributed by atoms with E-state index in [0.717, 1.165) is 21.2 Å². The first-order valence-corrected chi connectivity index (χ1v) is 8.78. The number of thiophene rings is 1. The van der Waals surface area contributed by atoms with Crippen LogP contribution < -0.4 is 5.32 Å². The van der Waals surface area contributed by atoms with Gasteiger partial charge in [0.15, 0.2) is 5.13 Å². The summed E-state index contributed by atoms with van der Waals surface area (Å²) in [5.41, 5.74) is 1.17. The molecule has 0 radical (unpaired) electrons. The Balaban J connectivity index is 1.58. The topological polar surface area (TPSA) is 42.0 Å². The Morgan fingerprint density at radius 1 is 1.18 bits per heavy atom. The standard InChI is InChI=1S/C16H13ClN2OS2/c17-12-5-3-11(4-6-12)8-14-10-18-16(22-14)19-15(20)9-13-2-1-7-21-13/h1-7,10H,8-9H2,(H,18,19,20). The average molecular weight is 349 g/mol. The summed E-state index contributed by atoms with van der Waals surface area (Å²) in [5.74, 6) is -0.0326. The van der Waals surface area contributed by atoms with Crippen LogP contribution in [0.1, 0.15) is 15.3 Å². The van der Waals surface area contributed by atoms with Gasteiger partial charge < -0.3 is 5.32 Å². The fraction of sp³-hybridized carbons (Fsp3) is 0.125. The van der Waals surface area contributed by atoms with Crippen LogP contribution in [0.25, 0.3) is 0 Å². The zero-order valence-electron chi connectivity index (χ0n) is 11.6. The van der Waals surface area contributed by atoms with Gasteiger partial charge in [-0.25, -0.2) is 4.98 Å². The molecule has 0 fully saturated rings. The van der Waals surface area contributed by atoms with Crippen LogP contribution in [-0.2, 0) is 17.6 Å². The van der Waals surface area contributed by atoms with Crippen LogP contribution in [0.4, 0.5) is 5.13 Å². The Kier molecular flexibility index (Phi) is 4.87. The van der Waals surface area contributed by atoms with Gasteiger partial charge in [-0.15, -0.1) is 22.7 Å². The molecule has 0 saturated heterocycles. The molecule has 0 atom stereocenters. The van der Waals surface area contributed by atoms with E-state index in [-0.39, 0.29) is 5.91 Å². The number of benzene rings is 1. The summed E-state index contributed by atoms with van der Waals surface area (Å²) >= 11 is 8.96. The third-order valence-corrected chi connectivity index (χ3v) is 5.05. The van der Waals surface area contributed by atoms with Gasteiger partial charge in [0.2, 0.25) is 5.91 Å². The lowest BCUT2D eigenvalue weighted by atomic mass is 10.1. The summed E-state index contributed by atoms with van der Waals surface area (Å²) in [7, 11) is 0. The minimum Gasteiger partial charge on any atom is -0.302 e. The largest absolute Gasteiger partial charge is 0.302 e. The Bertz CT molecular complexity index is 751. The summed E-state index contributed by atoms with van der Waals surface area (Å²) in [6.07, 6.45) is 2.99. The van der Waals surface area contributed by atoms with Gasteiger partial charge in [0.25, 0.3) is 0 Å². The summed E-state index contributed by atoms with van der Waals surface area (Å²) in [6.45, 7) is 0. The van der Waals surface area contributed by atoms with E-state index in [4.69, 9.17) is 11.6 Å². The lowest BCUT2D eigenvalue weighted by Gasteiger charge is -2.00. The van der Waals surface area contributed by atoms with E-state index < -0.39 is 0 Å². The molecule has 0 aliphatic heterocycles. The first-order chi connectivity index (χ1) is 10.7. The van der Waals surface area contributed by atoms with E-state index in [1.54, 1.807) is 17.5 Å². The highest BCUT2D eigenvalue weighted by Gasteiger charge is 2.08. The molecular weight excluding hydrogens is 336 g/mol. The fourth-order valence-electron chi connectivity index (χ4n) is 1.99. The van der Waals surface area contributed by atoms with Gasteiger partial charge >= 0.3 is 0 Å². The molecular formula is C16H13ClN2OS2. The van der Waals surface area contributed by atoms with Crippen molar-refractivity contribution in [2.45, 2.75) is 12.8 Å². The normalized spacial score (nSPS) is 10.6.